The van der Waals surface area contributed by atoms with Gasteiger partial charge in [-0.2, -0.15) is 13.2 Å². The molecular weight excluding hydrogens is 251 g/mol. The minimum Gasteiger partial charge on any atom is -0.310 e. The third-order valence-corrected chi connectivity index (χ3v) is 5.05. The minimum absolute atomic E-state index is 0.282. The van der Waals surface area contributed by atoms with Crippen molar-refractivity contribution in [1.29, 1.82) is 0 Å². The van der Waals surface area contributed by atoms with Gasteiger partial charge in [0, 0.05) is 12.1 Å². The van der Waals surface area contributed by atoms with Gasteiger partial charge < -0.3 is 5.32 Å². The van der Waals surface area contributed by atoms with Gasteiger partial charge in [-0.05, 0) is 43.9 Å². The van der Waals surface area contributed by atoms with Gasteiger partial charge in [0.15, 0.2) is 0 Å². The van der Waals surface area contributed by atoms with Crippen molar-refractivity contribution >= 4 is 0 Å². The van der Waals surface area contributed by atoms with E-state index in [4.69, 9.17) is 0 Å². The van der Waals surface area contributed by atoms with Crippen LogP contribution in [0.3, 0.4) is 0 Å². The van der Waals surface area contributed by atoms with Crippen LogP contribution in [-0.2, 0) is 0 Å². The third kappa shape index (κ3) is 3.87. The summed E-state index contributed by atoms with van der Waals surface area (Å²) in [6, 6.07) is -0.0706. The summed E-state index contributed by atoms with van der Waals surface area (Å²) >= 11 is 0. The van der Waals surface area contributed by atoms with Crippen LogP contribution >= 0.6 is 0 Å². The second-order valence-electron chi connectivity index (χ2n) is 6.71. The SMILES string of the molecule is CC1CCC(NC2CCCCC2C(F)(F)F)C(C)C1. The third-order valence-electron chi connectivity index (χ3n) is 5.05. The molecule has 0 heterocycles. The van der Waals surface area contributed by atoms with Crippen molar-refractivity contribution in [1.82, 2.24) is 5.32 Å². The summed E-state index contributed by atoms with van der Waals surface area (Å²) < 4.78 is 39.2. The Morgan fingerprint density at radius 3 is 2.21 bits per heavy atom. The van der Waals surface area contributed by atoms with Crippen LogP contribution in [-0.4, -0.2) is 18.3 Å². The Balaban J connectivity index is 1.96. The largest absolute Gasteiger partial charge is 0.393 e. The predicted octanol–water partition coefficient (Wildman–Crippen LogP) is 4.52. The van der Waals surface area contributed by atoms with E-state index in [9.17, 15) is 13.2 Å². The maximum atomic E-state index is 13.1. The molecule has 0 spiro atoms. The van der Waals surface area contributed by atoms with Crippen LogP contribution in [0.15, 0.2) is 0 Å². The van der Waals surface area contributed by atoms with Gasteiger partial charge in [0.2, 0.25) is 0 Å². The van der Waals surface area contributed by atoms with Gasteiger partial charge in [0.05, 0.1) is 5.92 Å². The molecule has 0 aliphatic heterocycles. The minimum atomic E-state index is -4.04. The van der Waals surface area contributed by atoms with Crippen molar-refractivity contribution in [2.75, 3.05) is 0 Å². The zero-order valence-electron chi connectivity index (χ0n) is 12.0. The highest BCUT2D eigenvalue weighted by Gasteiger charge is 2.46. The van der Waals surface area contributed by atoms with Crippen molar-refractivity contribution in [3.05, 3.63) is 0 Å². The lowest BCUT2D eigenvalue weighted by molar-refractivity contribution is -0.190. The van der Waals surface area contributed by atoms with Crippen LogP contribution < -0.4 is 5.32 Å². The Kier molecular flexibility index (Phi) is 4.80. The quantitative estimate of drug-likeness (QED) is 0.782. The molecule has 0 aromatic carbocycles. The molecule has 0 radical (unpaired) electrons. The second-order valence-corrected chi connectivity index (χ2v) is 6.71. The van der Waals surface area contributed by atoms with E-state index in [0.717, 1.165) is 38.0 Å². The fourth-order valence-electron chi connectivity index (χ4n) is 3.91. The van der Waals surface area contributed by atoms with Gasteiger partial charge in [-0.15, -0.1) is 0 Å². The maximum absolute atomic E-state index is 13.1. The van der Waals surface area contributed by atoms with Crippen molar-refractivity contribution < 1.29 is 13.2 Å². The highest BCUT2D eigenvalue weighted by atomic mass is 19.4. The monoisotopic (exact) mass is 277 g/mol. The zero-order valence-corrected chi connectivity index (χ0v) is 12.0. The van der Waals surface area contributed by atoms with Gasteiger partial charge in [-0.1, -0.05) is 26.7 Å². The molecule has 0 aromatic heterocycles. The molecule has 5 unspecified atom stereocenters. The fourth-order valence-corrected chi connectivity index (χ4v) is 3.91. The van der Waals surface area contributed by atoms with E-state index in [-0.39, 0.29) is 12.1 Å². The van der Waals surface area contributed by atoms with Crippen LogP contribution in [0, 0.1) is 17.8 Å². The van der Waals surface area contributed by atoms with Gasteiger partial charge in [-0.25, -0.2) is 0 Å². The van der Waals surface area contributed by atoms with E-state index in [1.54, 1.807) is 0 Å². The average molecular weight is 277 g/mol. The topological polar surface area (TPSA) is 12.0 Å². The van der Waals surface area contributed by atoms with E-state index in [1.165, 1.54) is 0 Å². The lowest BCUT2D eigenvalue weighted by Gasteiger charge is -2.40. The summed E-state index contributed by atoms with van der Waals surface area (Å²) in [4.78, 5) is 0. The Labute approximate surface area is 114 Å². The van der Waals surface area contributed by atoms with Crippen molar-refractivity contribution in [3.8, 4) is 0 Å². The molecule has 19 heavy (non-hydrogen) atoms. The first kappa shape index (κ1) is 15.1. The molecule has 2 aliphatic rings. The Bertz CT molecular complexity index is 290. The molecular formula is C15H26F3N. The van der Waals surface area contributed by atoms with Crippen LogP contribution in [0.1, 0.15) is 58.8 Å². The van der Waals surface area contributed by atoms with Gasteiger partial charge in [0.25, 0.3) is 0 Å². The molecule has 0 aromatic rings. The number of halogens is 3. The fraction of sp³-hybridized carbons (Fsp3) is 1.00. The van der Waals surface area contributed by atoms with Crippen LogP contribution in [0.2, 0.25) is 0 Å². The first-order valence-electron chi connectivity index (χ1n) is 7.70. The first-order valence-corrected chi connectivity index (χ1v) is 7.70. The average Bonchev–Trinajstić information content (AvgIpc) is 2.32. The van der Waals surface area contributed by atoms with E-state index < -0.39 is 12.1 Å². The number of alkyl halides is 3. The van der Waals surface area contributed by atoms with E-state index in [2.05, 4.69) is 19.2 Å². The molecule has 0 amide bonds. The molecule has 4 heteroatoms. The van der Waals surface area contributed by atoms with Crippen molar-refractivity contribution in [3.63, 3.8) is 0 Å². The van der Waals surface area contributed by atoms with E-state index >= 15 is 0 Å². The molecule has 0 saturated heterocycles. The van der Waals surface area contributed by atoms with Crippen LogP contribution in [0.25, 0.3) is 0 Å². The van der Waals surface area contributed by atoms with Gasteiger partial charge in [-0.3, -0.25) is 0 Å². The normalized spacial score (nSPS) is 41.2. The van der Waals surface area contributed by atoms with E-state index in [0.29, 0.717) is 18.8 Å². The number of nitrogens with one attached hydrogen (secondary N) is 1. The molecule has 112 valence electrons. The summed E-state index contributed by atoms with van der Waals surface area (Å²) in [5, 5.41) is 3.36. The summed E-state index contributed by atoms with van der Waals surface area (Å²) in [7, 11) is 0. The summed E-state index contributed by atoms with van der Waals surface area (Å²) in [6.45, 7) is 4.42. The molecule has 2 saturated carbocycles. The Morgan fingerprint density at radius 1 is 0.895 bits per heavy atom. The highest BCUT2D eigenvalue weighted by Crippen LogP contribution is 2.39. The predicted molar refractivity (Wildman–Crippen MR) is 70.9 cm³/mol. The molecule has 2 rings (SSSR count). The van der Waals surface area contributed by atoms with Gasteiger partial charge in [0.1, 0.15) is 0 Å². The molecule has 1 nitrogen and oxygen atoms in total. The van der Waals surface area contributed by atoms with Crippen LogP contribution in [0.5, 0.6) is 0 Å². The molecule has 5 atom stereocenters. The van der Waals surface area contributed by atoms with Crippen molar-refractivity contribution in [2.45, 2.75) is 77.1 Å². The summed E-state index contributed by atoms with van der Waals surface area (Å²) in [5.41, 5.74) is 0. The summed E-state index contributed by atoms with van der Waals surface area (Å²) in [5.74, 6) is 0.0881. The number of hydrogen-bond acceptors (Lipinski definition) is 1. The smallest absolute Gasteiger partial charge is 0.310 e. The lowest BCUT2D eigenvalue weighted by atomic mass is 9.77. The molecule has 0 bridgehead atoms. The standard InChI is InChI=1S/C15H26F3N/c1-10-7-8-13(11(2)9-10)19-14-6-4-3-5-12(14)15(16,17)18/h10-14,19H,3-9H2,1-2H3. The highest BCUT2D eigenvalue weighted by molar-refractivity contribution is 4.90. The molecule has 2 aliphatic carbocycles. The lowest BCUT2D eigenvalue weighted by Crippen LogP contribution is -2.52. The van der Waals surface area contributed by atoms with Gasteiger partial charge >= 0.3 is 6.18 Å². The molecule has 1 N–H and O–H groups in total. The maximum Gasteiger partial charge on any atom is 0.393 e. The number of rotatable bonds is 2. The zero-order chi connectivity index (χ0) is 14.0. The first-order chi connectivity index (χ1) is 8.88. The van der Waals surface area contributed by atoms with E-state index in [1.807, 2.05) is 0 Å². The Hall–Kier alpha value is -0.250. The van der Waals surface area contributed by atoms with Crippen molar-refractivity contribution in [2.24, 2.45) is 17.8 Å². The summed E-state index contributed by atoms with van der Waals surface area (Å²) in [6.07, 6.45) is 1.92. The molecule has 2 fully saturated rings. The van der Waals surface area contributed by atoms with Crippen LogP contribution in [0.4, 0.5) is 13.2 Å². The number of hydrogen-bond donors (Lipinski definition) is 1. The second kappa shape index (κ2) is 6.02. The Morgan fingerprint density at radius 2 is 1.58 bits per heavy atom.